The molecule has 3 rings (SSSR count). The molecule has 2 aromatic heterocycles. The van der Waals surface area contributed by atoms with Gasteiger partial charge in [-0.05, 0) is 38.0 Å². The van der Waals surface area contributed by atoms with E-state index in [1.165, 1.54) is 12.1 Å². The molecular weight excluding hydrogens is 408 g/mol. The lowest BCUT2D eigenvalue weighted by molar-refractivity contribution is 0.168. The van der Waals surface area contributed by atoms with Crippen LogP contribution in [0.5, 0.6) is 0 Å². The van der Waals surface area contributed by atoms with E-state index in [9.17, 15) is 13.2 Å². The van der Waals surface area contributed by atoms with Crippen molar-refractivity contribution >= 4 is 38.8 Å². The summed E-state index contributed by atoms with van der Waals surface area (Å²) in [6.07, 6.45) is 1.65. The number of nitrogens with one attached hydrogen (secondary N) is 2. The molecule has 0 bridgehead atoms. The summed E-state index contributed by atoms with van der Waals surface area (Å²) in [5, 5.41) is 11.0. The molecule has 0 spiro atoms. The number of primary sulfonamides is 1. The van der Waals surface area contributed by atoms with Gasteiger partial charge in [-0.2, -0.15) is 0 Å². The van der Waals surface area contributed by atoms with Gasteiger partial charge < -0.3 is 10.1 Å². The predicted octanol–water partition coefficient (Wildman–Crippen LogP) is 2.20. The summed E-state index contributed by atoms with van der Waals surface area (Å²) in [6.45, 7) is 4.29. The highest BCUT2D eigenvalue weighted by atomic mass is 32.2. The van der Waals surface area contributed by atoms with Crippen molar-refractivity contribution in [1.29, 1.82) is 0 Å². The molecule has 0 aliphatic heterocycles. The number of aryl methyl sites for hydroxylation is 1. The predicted molar refractivity (Wildman–Crippen MR) is 113 cm³/mol. The van der Waals surface area contributed by atoms with Gasteiger partial charge in [-0.1, -0.05) is 12.1 Å². The first kappa shape index (κ1) is 21.4. The van der Waals surface area contributed by atoms with Crippen molar-refractivity contribution in [2.24, 2.45) is 5.14 Å². The Hall–Kier alpha value is -3.31. The van der Waals surface area contributed by atoms with Crippen molar-refractivity contribution in [2.45, 2.75) is 25.2 Å². The quantitative estimate of drug-likeness (QED) is 0.516. The van der Waals surface area contributed by atoms with Crippen LogP contribution in [-0.2, 0) is 21.2 Å². The zero-order valence-electron chi connectivity index (χ0n) is 16.5. The van der Waals surface area contributed by atoms with E-state index in [0.717, 1.165) is 5.56 Å². The molecule has 1 amide bonds. The van der Waals surface area contributed by atoms with Crippen LogP contribution < -0.4 is 15.8 Å². The minimum Gasteiger partial charge on any atom is -0.450 e. The van der Waals surface area contributed by atoms with E-state index in [4.69, 9.17) is 9.88 Å². The lowest BCUT2D eigenvalue weighted by atomic mass is 10.1. The zero-order chi connectivity index (χ0) is 21.7. The number of pyridine rings is 1. The number of hydrogen-bond donors (Lipinski definition) is 3. The molecule has 0 aliphatic rings. The number of hydrogen-bond acceptors (Lipinski definition) is 8. The molecule has 30 heavy (non-hydrogen) atoms. The van der Waals surface area contributed by atoms with Gasteiger partial charge in [-0.3, -0.25) is 5.32 Å². The van der Waals surface area contributed by atoms with Crippen LogP contribution in [0, 0.1) is 6.92 Å². The number of fused-ring (bicyclic) bond motifs is 1. The minimum absolute atomic E-state index is 0.0691. The molecule has 0 aliphatic carbocycles. The van der Waals surface area contributed by atoms with E-state index >= 15 is 0 Å². The fraction of sp³-hybridized carbons (Fsp3) is 0.263. The Labute approximate surface area is 173 Å². The second-order valence-electron chi connectivity index (χ2n) is 6.45. The monoisotopic (exact) mass is 430 g/mol. The van der Waals surface area contributed by atoms with Crippen LogP contribution in [0.2, 0.25) is 0 Å². The summed E-state index contributed by atoms with van der Waals surface area (Å²) in [5.41, 5.74) is 3.24. The van der Waals surface area contributed by atoms with Crippen molar-refractivity contribution in [3.63, 3.8) is 0 Å². The van der Waals surface area contributed by atoms with E-state index in [2.05, 4.69) is 25.6 Å². The van der Waals surface area contributed by atoms with E-state index in [1.54, 1.807) is 38.2 Å². The fourth-order valence-electron chi connectivity index (χ4n) is 2.74. The van der Waals surface area contributed by atoms with E-state index in [-0.39, 0.29) is 11.5 Å². The molecule has 0 saturated heterocycles. The number of nitrogens with zero attached hydrogens (tertiary/aromatic N) is 3. The maximum absolute atomic E-state index is 11.7. The van der Waals surface area contributed by atoms with E-state index in [0.29, 0.717) is 41.3 Å². The van der Waals surface area contributed by atoms with Gasteiger partial charge in [0.2, 0.25) is 10.0 Å². The molecule has 0 saturated carbocycles. The number of carbonyl (C=O) groups excluding carboxylic acids is 1. The maximum atomic E-state index is 11.7. The molecule has 3 aromatic rings. The number of ether oxygens (including phenoxy) is 1. The molecule has 0 radical (unpaired) electrons. The molecule has 0 atom stereocenters. The van der Waals surface area contributed by atoms with Gasteiger partial charge in [0.1, 0.15) is 11.3 Å². The lowest BCUT2D eigenvalue weighted by Crippen LogP contribution is -2.15. The first-order valence-corrected chi connectivity index (χ1v) is 10.7. The Morgan fingerprint density at radius 3 is 2.60 bits per heavy atom. The Kier molecular flexibility index (Phi) is 6.43. The van der Waals surface area contributed by atoms with Crippen molar-refractivity contribution in [3.8, 4) is 0 Å². The van der Waals surface area contributed by atoms with Crippen LogP contribution in [0.25, 0.3) is 11.2 Å². The number of carbonyl (C=O) groups is 1. The lowest BCUT2D eigenvalue weighted by Gasteiger charge is -2.12. The molecule has 0 fully saturated rings. The van der Waals surface area contributed by atoms with Crippen LogP contribution in [0.15, 0.2) is 41.4 Å². The second-order valence-corrected chi connectivity index (χ2v) is 8.01. The molecule has 11 heteroatoms. The van der Waals surface area contributed by atoms with Gasteiger partial charge in [-0.15, -0.1) is 0 Å². The molecule has 1 aromatic carbocycles. The second kappa shape index (κ2) is 9.01. The SMILES string of the molecule is CCOC(=O)Nc1cc(NCCc2ccc(S(N)(=O)=O)cc2)c2ncc(C)nc2n1. The number of sulfonamides is 1. The molecule has 0 unspecified atom stereocenters. The van der Waals surface area contributed by atoms with E-state index in [1.807, 2.05) is 0 Å². The minimum atomic E-state index is -3.71. The van der Waals surface area contributed by atoms with Crippen LogP contribution in [0.4, 0.5) is 16.3 Å². The summed E-state index contributed by atoms with van der Waals surface area (Å²) < 4.78 is 27.6. The van der Waals surface area contributed by atoms with Crippen molar-refractivity contribution < 1.29 is 17.9 Å². The Balaban J connectivity index is 1.77. The number of rotatable bonds is 7. The smallest absolute Gasteiger partial charge is 0.412 e. The third-order valence-electron chi connectivity index (χ3n) is 4.12. The van der Waals surface area contributed by atoms with Crippen LogP contribution in [-0.4, -0.2) is 42.6 Å². The number of amides is 1. The number of anilines is 2. The Morgan fingerprint density at radius 2 is 1.93 bits per heavy atom. The highest BCUT2D eigenvalue weighted by Gasteiger charge is 2.12. The van der Waals surface area contributed by atoms with Gasteiger partial charge in [0, 0.05) is 18.8 Å². The first-order chi connectivity index (χ1) is 14.3. The highest BCUT2D eigenvalue weighted by molar-refractivity contribution is 7.89. The highest BCUT2D eigenvalue weighted by Crippen LogP contribution is 2.23. The fourth-order valence-corrected chi connectivity index (χ4v) is 3.26. The summed E-state index contributed by atoms with van der Waals surface area (Å²) in [5.74, 6) is 0.292. The van der Waals surface area contributed by atoms with Crippen molar-refractivity contribution in [1.82, 2.24) is 15.0 Å². The molecule has 10 nitrogen and oxygen atoms in total. The third-order valence-corrected chi connectivity index (χ3v) is 5.05. The Morgan fingerprint density at radius 1 is 1.20 bits per heavy atom. The molecule has 158 valence electrons. The molecule has 4 N–H and O–H groups in total. The van der Waals surface area contributed by atoms with Crippen LogP contribution in [0.3, 0.4) is 0 Å². The van der Waals surface area contributed by atoms with E-state index < -0.39 is 16.1 Å². The number of nitrogens with two attached hydrogens (primary N) is 1. The van der Waals surface area contributed by atoms with Gasteiger partial charge in [-0.25, -0.2) is 33.3 Å². The van der Waals surface area contributed by atoms with Gasteiger partial charge in [0.05, 0.1) is 22.9 Å². The zero-order valence-corrected chi connectivity index (χ0v) is 17.4. The van der Waals surface area contributed by atoms with Crippen molar-refractivity contribution in [2.75, 3.05) is 23.8 Å². The van der Waals surface area contributed by atoms with Crippen LogP contribution >= 0.6 is 0 Å². The third kappa shape index (κ3) is 5.39. The summed E-state index contributed by atoms with van der Waals surface area (Å²) >= 11 is 0. The van der Waals surface area contributed by atoms with Gasteiger partial charge in [0.15, 0.2) is 5.65 Å². The summed E-state index contributed by atoms with van der Waals surface area (Å²) in [4.78, 5) is 24.9. The maximum Gasteiger partial charge on any atom is 0.412 e. The average molecular weight is 430 g/mol. The summed E-state index contributed by atoms with van der Waals surface area (Å²) in [7, 11) is -3.71. The van der Waals surface area contributed by atoms with Gasteiger partial charge >= 0.3 is 6.09 Å². The molecule has 2 heterocycles. The van der Waals surface area contributed by atoms with Crippen LogP contribution in [0.1, 0.15) is 18.2 Å². The van der Waals surface area contributed by atoms with Crippen molar-refractivity contribution in [3.05, 3.63) is 47.8 Å². The standard InChI is InChI=1S/C19H22N6O4S/c1-3-29-19(26)25-16-10-15(17-18(24-16)23-12(2)11-22-17)21-9-8-13-4-6-14(7-5-13)30(20,27)28/h4-7,10-11H,3,8-9H2,1-2H3,(H2,20,27,28)(H2,21,23,24,25,26). The van der Waals surface area contributed by atoms with Gasteiger partial charge in [0.25, 0.3) is 0 Å². The first-order valence-electron chi connectivity index (χ1n) is 9.20. The summed E-state index contributed by atoms with van der Waals surface area (Å²) in [6, 6.07) is 8.03. The largest absolute Gasteiger partial charge is 0.450 e. The number of benzene rings is 1. The Bertz CT molecular complexity index is 1170. The normalized spacial score (nSPS) is 11.3. The average Bonchev–Trinajstić information content (AvgIpc) is 2.67. The molecular formula is C19H22N6O4S. The topological polar surface area (TPSA) is 149 Å². The number of aromatic nitrogens is 3.